The molecular formula is C11H16N8. The van der Waals surface area contributed by atoms with Crippen LogP contribution in [0.1, 0.15) is 0 Å². The van der Waals surface area contributed by atoms with E-state index in [0.717, 1.165) is 45.1 Å². The van der Waals surface area contributed by atoms with Crippen LogP contribution in [0, 0.1) is 0 Å². The minimum Gasteiger partial charge on any atom is -0.352 e. The quantitative estimate of drug-likeness (QED) is 0.713. The van der Waals surface area contributed by atoms with E-state index in [-0.39, 0.29) is 0 Å². The monoisotopic (exact) mass is 260 g/mol. The van der Waals surface area contributed by atoms with Crippen molar-refractivity contribution in [1.29, 1.82) is 0 Å². The molecule has 2 aromatic rings. The van der Waals surface area contributed by atoms with E-state index in [1.807, 2.05) is 12.1 Å². The highest BCUT2D eigenvalue weighted by Gasteiger charge is 2.33. The number of aromatic nitrogens is 5. The summed E-state index contributed by atoms with van der Waals surface area (Å²) in [5, 5.41) is 19.1. The fourth-order valence-corrected chi connectivity index (χ4v) is 2.73. The summed E-state index contributed by atoms with van der Waals surface area (Å²) in [5.74, 6) is 0.950. The number of hydrogen-bond donors (Lipinski definition) is 1. The van der Waals surface area contributed by atoms with E-state index in [2.05, 4.69) is 35.7 Å². The second-order valence-corrected chi connectivity index (χ2v) is 5.06. The van der Waals surface area contributed by atoms with Crippen LogP contribution in [0.4, 0.5) is 5.82 Å². The van der Waals surface area contributed by atoms with Gasteiger partial charge in [0.1, 0.15) is 0 Å². The molecule has 0 aliphatic carbocycles. The minimum absolute atomic E-state index is 0.661. The van der Waals surface area contributed by atoms with Crippen molar-refractivity contribution < 1.29 is 0 Å². The number of rotatable bonds is 2. The van der Waals surface area contributed by atoms with Crippen LogP contribution in [-0.2, 0) is 0 Å². The van der Waals surface area contributed by atoms with E-state index in [1.54, 1.807) is 0 Å². The first-order valence-corrected chi connectivity index (χ1v) is 6.65. The first kappa shape index (κ1) is 11.1. The van der Waals surface area contributed by atoms with E-state index in [4.69, 9.17) is 0 Å². The van der Waals surface area contributed by atoms with Crippen LogP contribution in [0.15, 0.2) is 12.1 Å². The van der Waals surface area contributed by atoms with Crippen LogP contribution in [0.2, 0.25) is 0 Å². The minimum atomic E-state index is 0.661. The maximum absolute atomic E-state index is 4.41. The van der Waals surface area contributed by atoms with Crippen LogP contribution in [0.3, 0.4) is 0 Å². The molecule has 0 amide bonds. The molecule has 1 N–H and O–H groups in total. The summed E-state index contributed by atoms with van der Waals surface area (Å²) in [6, 6.07) is 4.55. The first-order valence-electron chi connectivity index (χ1n) is 6.65. The fraction of sp³-hybridized carbons (Fsp3) is 0.636. The molecule has 8 nitrogen and oxygen atoms in total. The van der Waals surface area contributed by atoms with Crippen molar-refractivity contribution in [3.05, 3.63) is 12.1 Å². The highest BCUT2D eigenvalue weighted by molar-refractivity contribution is 5.46. The molecular weight excluding hydrogens is 244 g/mol. The Morgan fingerprint density at radius 3 is 2.84 bits per heavy atom. The molecule has 8 heteroatoms. The van der Waals surface area contributed by atoms with Gasteiger partial charge in [0.25, 0.3) is 0 Å². The molecule has 4 rings (SSSR count). The predicted octanol–water partition coefficient (Wildman–Crippen LogP) is -1.39. The van der Waals surface area contributed by atoms with Gasteiger partial charge in [-0.05, 0) is 22.6 Å². The molecule has 4 heterocycles. The van der Waals surface area contributed by atoms with Gasteiger partial charge in [-0.15, -0.1) is 14.8 Å². The van der Waals surface area contributed by atoms with E-state index in [0.29, 0.717) is 11.7 Å². The standard InChI is InChI=1S/C11H16N8/c1-2-11(14-19-10(1)13-15-16-19)18-7-9(8-18)17-5-3-12-4-6-17/h1-2,9,12H,3-8H2. The van der Waals surface area contributed by atoms with Gasteiger partial charge < -0.3 is 10.2 Å². The number of tetrazole rings is 1. The molecule has 0 saturated carbocycles. The van der Waals surface area contributed by atoms with Crippen molar-refractivity contribution >= 4 is 11.5 Å². The Morgan fingerprint density at radius 2 is 2.00 bits per heavy atom. The Bertz CT molecular complexity index is 569. The van der Waals surface area contributed by atoms with Crippen molar-refractivity contribution in [2.24, 2.45) is 0 Å². The molecule has 2 saturated heterocycles. The maximum atomic E-state index is 4.41. The average molecular weight is 260 g/mol. The lowest BCUT2D eigenvalue weighted by molar-refractivity contribution is 0.147. The Morgan fingerprint density at radius 1 is 1.16 bits per heavy atom. The number of nitrogens with zero attached hydrogens (tertiary/aromatic N) is 7. The third-order valence-electron chi connectivity index (χ3n) is 3.91. The lowest BCUT2D eigenvalue weighted by Crippen LogP contribution is -2.63. The second kappa shape index (κ2) is 4.39. The molecule has 2 fully saturated rings. The Balaban J connectivity index is 1.44. The highest BCUT2D eigenvalue weighted by Crippen LogP contribution is 2.21. The Hall–Kier alpha value is -1.80. The summed E-state index contributed by atoms with van der Waals surface area (Å²) in [5.41, 5.74) is 0.683. The van der Waals surface area contributed by atoms with Gasteiger partial charge in [0, 0.05) is 45.3 Å². The molecule has 2 aliphatic rings. The Kier molecular flexibility index (Phi) is 2.56. The van der Waals surface area contributed by atoms with Gasteiger partial charge in [-0.2, -0.15) is 0 Å². The van der Waals surface area contributed by atoms with Gasteiger partial charge in [0.15, 0.2) is 11.5 Å². The zero-order valence-electron chi connectivity index (χ0n) is 10.6. The highest BCUT2D eigenvalue weighted by atomic mass is 15.6. The summed E-state index contributed by atoms with van der Waals surface area (Å²) in [4.78, 5) is 4.83. The van der Waals surface area contributed by atoms with Crippen molar-refractivity contribution in [2.75, 3.05) is 44.2 Å². The van der Waals surface area contributed by atoms with Gasteiger partial charge in [-0.1, -0.05) is 0 Å². The molecule has 2 aliphatic heterocycles. The lowest BCUT2D eigenvalue weighted by Gasteiger charge is -2.47. The van der Waals surface area contributed by atoms with Gasteiger partial charge in [0.2, 0.25) is 0 Å². The van der Waals surface area contributed by atoms with Crippen LogP contribution >= 0.6 is 0 Å². The normalized spacial score (nSPS) is 21.8. The molecule has 0 unspecified atom stereocenters. The van der Waals surface area contributed by atoms with Crippen LogP contribution in [0.25, 0.3) is 5.65 Å². The summed E-state index contributed by atoms with van der Waals surface area (Å²) < 4.78 is 1.48. The topological polar surface area (TPSA) is 74.5 Å². The zero-order chi connectivity index (χ0) is 12.7. The molecule has 0 spiro atoms. The number of piperazine rings is 1. The second-order valence-electron chi connectivity index (χ2n) is 5.06. The number of nitrogens with one attached hydrogen (secondary N) is 1. The van der Waals surface area contributed by atoms with E-state index < -0.39 is 0 Å². The van der Waals surface area contributed by atoms with Gasteiger partial charge in [-0.25, -0.2) is 0 Å². The number of hydrogen-bond acceptors (Lipinski definition) is 7. The summed E-state index contributed by atoms with van der Waals surface area (Å²) in [6.45, 7) is 6.59. The van der Waals surface area contributed by atoms with E-state index in [9.17, 15) is 0 Å². The molecule has 0 bridgehead atoms. The van der Waals surface area contributed by atoms with E-state index >= 15 is 0 Å². The number of fused-ring (bicyclic) bond motifs is 1. The summed E-state index contributed by atoms with van der Waals surface area (Å²) in [7, 11) is 0. The molecule has 0 aromatic carbocycles. The largest absolute Gasteiger partial charge is 0.352 e. The van der Waals surface area contributed by atoms with Crippen LogP contribution < -0.4 is 10.2 Å². The average Bonchev–Trinajstić information content (AvgIpc) is 2.86. The Labute approximate surface area is 110 Å². The summed E-state index contributed by atoms with van der Waals surface area (Å²) >= 11 is 0. The predicted molar refractivity (Wildman–Crippen MR) is 69.0 cm³/mol. The fourth-order valence-electron chi connectivity index (χ4n) is 2.73. The first-order chi connectivity index (χ1) is 9.40. The smallest absolute Gasteiger partial charge is 0.200 e. The maximum Gasteiger partial charge on any atom is 0.200 e. The van der Waals surface area contributed by atoms with Gasteiger partial charge in [0.05, 0.1) is 0 Å². The molecule has 0 atom stereocenters. The van der Waals surface area contributed by atoms with Crippen molar-refractivity contribution in [2.45, 2.75) is 6.04 Å². The van der Waals surface area contributed by atoms with Gasteiger partial charge in [-0.3, -0.25) is 4.90 Å². The van der Waals surface area contributed by atoms with Gasteiger partial charge >= 0.3 is 0 Å². The SMILES string of the molecule is c1cc2nnnn2nc1N1CC(N2CCNCC2)C1. The summed E-state index contributed by atoms with van der Waals surface area (Å²) in [6.07, 6.45) is 0. The lowest BCUT2D eigenvalue weighted by atomic mass is 10.1. The molecule has 0 radical (unpaired) electrons. The molecule has 19 heavy (non-hydrogen) atoms. The zero-order valence-corrected chi connectivity index (χ0v) is 10.6. The number of anilines is 1. The van der Waals surface area contributed by atoms with Crippen molar-refractivity contribution in [1.82, 2.24) is 35.5 Å². The van der Waals surface area contributed by atoms with Crippen molar-refractivity contribution in [3.63, 3.8) is 0 Å². The van der Waals surface area contributed by atoms with Crippen LogP contribution in [-0.4, -0.2) is 75.5 Å². The molecule has 2 aromatic heterocycles. The van der Waals surface area contributed by atoms with E-state index in [1.165, 1.54) is 4.63 Å². The van der Waals surface area contributed by atoms with Crippen LogP contribution in [0.5, 0.6) is 0 Å². The van der Waals surface area contributed by atoms with Crippen molar-refractivity contribution in [3.8, 4) is 0 Å². The third kappa shape index (κ3) is 1.92. The third-order valence-corrected chi connectivity index (χ3v) is 3.91. The molecule has 100 valence electrons.